The zero-order valence-corrected chi connectivity index (χ0v) is 13.3. The Morgan fingerprint density at radius 1 is 1.05 bits per heavy atom. The maximum atomic E-state index is 12.8. The Kier molecular flexibility index (Phi) is 3.87. The molecule has 0 fully saturated rings. The van der Waals surface area contributed by atoms with Crippen LogP contribution in [0.2, 0.25) is 5.02 Å². The molecule has 20 heavy (non-hydrogen) atoms. The molecule has 0 radical (unpaired) electrons. The van der Waals surface area contributed by atoms with Gasteiger partial charge < -0.3 is 0 Å². The van der Waals surface area contributed by atoms with E-state index in [1.807, 2.05) is 30.3 Å². The van der Waals surface area contributed by atoms with Crippen molar-refractivity contribution < 1.29 is 4.39 Å². The highest BCUT2D eigenvalue weighted by Crippen LogP contribution is 2.38. The molecule has 2 heterocycles. The van der Waals surface area contributed by atoms with Gasteiger partial charge in [0.25, 0.3) is 0 Å². The zero-order chi connectivity index (χ0) is 14.1. The van der Waals surface area contributed by atoms with Crippen LogP contribution >= 0.6 is 38.9 Å². The van der Waals surface area contributed by atoms with Gasteiger partial charge in [-0.1, -0.05) is 27.5 Å². The van der Waals surface area contributed by atoms with E-state index in [-0.39, 0.29) is 0 Å². The molecule has 0 bridgehead atoms. The van der Waals surface area contributed by atoms with E-state index in [1.165, 1.54) is 12.3 Å². The molecule has 1 nitrogen and oxygen atoms in total. The number of nitrogens with zero attached hydrogens (tertiary/aromatic N) is 1. The fourth-order valence-corrected chi connectivity index (χ4v) is 3.51. The molecule has 3 aromatic rings. The molecule has 0 saturated carbocycles. The lowest BCUT2D eigenvalue weighted by Crippen LogP contribution is -1.80. The molecule has 1 aromatic carbocycles. The first-order valence-electron chi connectivity index (χ1n) is 5.81. The highest BCUT2D eigenvalue weighted by molar-refractivity contribution is 9.10. The molecule has 0 unspecified atom stereocenters. The third-order valence-corrected chi connectivity index (χ3v) is 4.80. The van der Waals surface area contributed by atoms with Crippen LogP contribution in [-0.2, 0) is 0 Å². The van der Waals surface area contributed by atoms with Crippen molar-refractivity contribution >= 4 is 38.9 Å². The number of rotatable bonds is 2. The first kappa shape index (κ1) is 13.7. The SMILES string of the molecule is Fc1ccc(-c2ccc(-c3cc(Br)ccc3Cl)s2)cn1. The maximum Gasteiger partial charge on any atom is 0.212 e. The standard InChI is InChI=1S/C15H8BrClFNS/c16-10-2-3-12(17)11(7-10)14-5-4-13(20-14)9-1-6-15(18)19-8-9/h1-8H. The summed E-state index contributed by atoms with van der Waals surface area (Å²) in [7, 11) is 0. The monoisotopic (exact) mass is 367 g/mol. The minimum absolute atomic E-state index is 0.472. The van der Waals surface area contributed by atoms with Crippen molar-refractivity contribution in [1.82, 2.24) is 4.98 Å². The second-order valence-electron chi connectivity index (χ2n) is 4.16. The quantitative estimate of drug-likeness (QED) is 0.503. The molecule has 0 aliphatic carbocycles. The molecular weight excluding hydrogens is 361 g/mol. The number of pyridine rings is 1. The summed E-state index contributed by atoms with van der Waals surface area (Å²) in [5.74, 6) is -0.472. The van der Waals surface area contributed by atoms with Gasteiger partial charge in [0.1, 0.15) is 0 Å². The van der Waals surface area contributed by atoms with E-state index in [2.05, 4.69) is 20.9 Å². The van der Waals surface area contributed by atoms with Gasteiger partial charge in [0, 0.05) is 36.6 Å². The summed E-state index contributed by atoms with van der Waals surface area (Å²) in [4.78, 5) is 5.77. The molecule has 3 rings (SSSR count). The smallest absolute Gasteiger partial charge is 0.212 e. The van der Waals surface area contributed by atoms with Crippen molar-refractivity contribution in [3.63, 3.8) is 0 Å². The normalized spacial score (nSPS) is 10.8. The van der Waals surface area contributed by atoms with Crippen LogP contribution in [0.25, 0.3) is 20.9 Å². The van der Waals surface area contributed by atoms with Gasteiger partial charge in [-0.25, -0.2) is 4.98 Å². The number of thiophene rings is 1. The van der Waals surface area contributed by atoms with Crippen LogP contribution in [0.3, 0.4) is 0 Å². The minimum atomic E-state index is -0.472. The van der Waals surface area contributed by atoms with Gasteiger partial charge in [-0.2, -0.15) is 4.39 Å². The van der Waals surface area contributed by atoms with Crippen LogP contribution in [0, 0.1) is 5.95 Å². The number of halogens is 3. The number of aromatic nitrogens is 1. The number of hydrogen-bond donors (Lipinski definition) is 0. The summed E-state index contributed by atoms with van der Waals surface area (Å²) in [6.45, 7) is 0. The van der Waals surface area contributed by atoms with Crippen LogP contribution < -0.4 is 0 Å². The van der Waals surface area contributed by atoms with E-state index >= 15 is 0 Å². The maximum absolute atomic E-state index is 12.8. The van der Waals surface area contributed by atoms with E-state index < -0.39 is 5.95 Å². The largest absolute Gasteiger partial charge is 0.228 e. The van der Waals surface area contributed by atoms with Gasteiger partial charge >= 0.3 is 0 Å². The fourth-order valence-electron chi connectivity index (χ4n) is 1.85. The molecule has 0 atom stereocenters. The lowest BCUT2D eigenvalue weighted by atomic mass is 10.2. The number of benzene rings is 1. The van der Waals surface area contributed by atoms with Gasteiger partial charge in [-0.05, 0) is 42.5 Å². The fraction of sp³-hybridized carbons (Fsp3) is 0. The van der Waals surface area contributed by atoms with E-state index in [4.69, 9.17) is 11.6 Å². The van der Waals surface area contributed by atoms with E-state index in [9.17, 15) is 4.39 Å². The topological polar surface area (TPSA) is 12.9 Å². The Morgan fingerprint density at radius 2 is 1.85 bits per heavy atom. The zero-order valence-electron chi connectivity index (χ0n) is 10.1. The molecule has 0 aliphatic heterocycles. The van der Waals surface area contributed by atoms with E-state index in [0.29, 0.717) is 5.02 Å². The Hall–Kier alpha value is -1.23. The number of hydrogen-bond acceptors (Lipinski definition) is 2. The summed E-state index contributed by atoms with van der Waals surface area (Å²) in [5.41, 5.74) is 1.88. The van der Waals surface area contributed by atoms with Crippen molar-refractivity contribution in [1.29, 1.82) is 0 Å². The first-order valence-corrected chi connectivity index (χ1v) is 7.79. The summed E-state index contributed by atoms with van der Waals surface area (Å²) in [6, 6.07) is 12.8. The third-order valence-electron chi connectivity index (χ3n) is 2.81. The molecule has 5 heteroatoms. The van der Waals surface area contributed by atoms with Crippen molar-refractivity contribution in [2.75, 3.05) is 0 Å². The Bertz CT molecular complexity index is 755. The van der Waals surface area contributed by atoms with Gasteiger partial charge in [-0.3, -0.25) is 0 Å². The van der Waals surface area contributed by atoms with Crippen LogP contribution in [0.5, 0.6) is 0 Å². The second-order valence-corrected chi connectivity index (χ2v) is 6.56. The van der Waals surface area contributed by atoms with E-state index in [0.717, 1.165) is 25.4 Å². The third kappa shape index (κ3) is 2.77. The minimum Gasteiger partial charge on any atom is -0.228 e. The van der Waals surface area contributed by atoms with Crippen LogP contribution in [0.15, 0.2) is 53.1 Å². The molecule has 0 spiro atoms. The Balaban J connectivity index is 2.01. The predicted octanol–water partition coefficient (Wildman–Crippen LogP) is 6.03. The van der Waals surface area contributed by atoms with Crippen molar-refractivity contribution in [2.24, 2.45) is 0 Å². The van der Waals surface area contributed by atoms with Gasteiger partial charge in [0.2, 0.25) is 5.95 Å². The highest BCUT2D eigenvalue weighted by atomic mass is 79.9. The first-order chi connectivity index (χ1) is 9.63. The lowest BCUT2D eigenvalue weighted by molar-refractivity contribution is 0.584. The Labute approximate surface area is 133 Å². The summed E-state index contributed by atoms with van der Waals surface area (Å²) >= 11 is 11.3. The molecule has 0 saturated heterocycles. The van der Waals surface area contributed by atoms with Crippen LogP contribution in [0.1, 0.15) is 0 Å². The van der Waals surface area contributed by atoms with E-state index in [1.54, 1.807) is 17.4 Å². The van der Waals surface area contributed by atoms with Crippen molar-refractivity contribution in [3.8, 4) is 20.9 Å². The molecule has 100 valence electrons. The molecular formula is C15H8BrClFNS. The summed E-state index contributed by atoms with van der Waals surface area (Å²) < 4.78 is 13.8. The summed E-state index contributed by atoms with van der Waals surface area (Å²) in [5, 5.41) is 0.707. The average Bonchev–Trinajstić information content (AvgIpc) is 2.92. The van der Waals surface area contributed by atoms with Crippen molar-refractivity contribution in [3.05, 3.63) is 64.1 Å². The highest BCUT2D eigenvalue weighted by Gasteiger charge is 2.09. The molecule has 0 aliphatic rings. The van der Waals surface area contributed by atoms with Gasteiger partial charge in [-0.15, -0.1) is 11.3 Å². The summed E-state index contributed by atoms with van der Waals surface area (Å²) in [6.07, 6.45) is 1.54. The van der Waals surface area contributed by atoms with Gasteiger partial charge in [0.05, 0.1) is 0 Å². The van der Waals surface area contributed by atoms with Crippen molar-refractivity contribution in [2.45, 2.75) is 0 Å². The van der Waals surface area contributed by atoms with Crippen LogP contribution in [0.4, 0.5) is 4.39 Å². The average molecular weight is 369 g/mol. The second kappa shape index (κ2) is 5.64. The Morgan fingerprint density at radius 3 is 2.60 bits per heavy atom. The molecule has 0 amide bonds. The molecule has 0 N–H and O–H groups in total. The predicted molar refractivity (Wildman–Crippen MR) is 85.7 cm³/mol. The van der Waals surface area contributed by atoms with Gasteiger partial charge in [0.15, 0.2) is 0 Å². The molecule has 2 aromatic heterocycles. The lowest BCUT2D eigenvalue weighted by Gasteiger charge is -2.02. The van der Waals surface area contributed by atoms with Crippen LogP contribution in [-0.4, -0.2) is 4.98 Å².